The maximum Gasteiger partial charge on any atom is 0.311 e. The standard InChI is InChI=1S/C16H19N3O4/c1-4-12-7-11(9-14(15(12)20)19(22)23)8-13(10-17)16(21)18(5-2)6-3/h7-9,20H,4-6H2,1-3H3. The van der Waals surface area contributed by atoms with Gasteiger partial charge in [-0.15, -0.1) is 0 Å². The van der Waals surface area contributed by atoms with Crippen molar-refractivity contribution in [3.8, 4) is 11.8 Å². The summed E-state index contributed by atoms with van der Waals surface area (Å²) in [5.74, 6) is -0.811. The molecule has 23 heavy (non-hydrogen) atoms. The number of nitrogens with zero attached hydrogens (tertiary/aromatic N) is 3. The highest BCUT2D eigenvalue weighted by molar-refractivity contribution is 6.01. The molecule has 1 aromatic carbocycles. The maximum atomic E-state index is 12.2. The molecule has 0 aliphatic heterocycles. The molecule has 0 saturated heterocycles. The minimum absolute atomic E-state index is 0.101. The van der Waals surface area contributed by atoms with Crippen LogP contribution in [0.3, 0.4) is 0 Å². The van der Waals surface area contributed by atoms with E-state index in [0.717, 1.165) is 6.07 Å². The molecular weight excluding hydrogens is 298 g/mol. The molecule has 1 amide bonds. The van der Waals surface area contributed by atoms with Crippen LogP contribution in [0.4, 0.5) is 5.69 Å². The van der Waals surface area contributed by atoms with Crippen molar-refractivity contribution < 1.29 is 14.8 Å². The molecular formula is C16H19N3O4. The minimum Gasteiger partial charge on any atom is -0.502 e. The number of likely N-dealkylation sites (N-methyl/N-ethyl adjacent to an activating group) is 1. The van der Waals surface area contributed by atoms with E-state index in [1.165, 1.54) is 17.0 Å². The van der Waals surface area contributed by atoms with Crippen LogP contribution in [-0.2, 0) is 11.2 Å². The number of nitriles is 1. The van der Waals surface area contributed by atoms with E-state index in [2.05, 4.69) is 0 Å². The van der Waals surface area contributed by atoms with Crippen LogP contribution in [-0.4, -0.2) is 33.9 Å². The Labute approximate surface area is 134 Å². The molecule has 0 spiro atoms. The lowest BCUT2D eigenvalue weighted by Gasteiger charge is -2.17. The fourth-order valence-corrected chi connectivity index (χ4v) is 2.18. The van der Waals surface area contributed by atoms with Crippen molar-refractivity contribution >= 4 is 17.7 Å². The SMILES string of the molecule is CCc1cc(C=C(C#N)C(=O)N(CC)CC)cc([N+](=O)[O-])c1O. The Morgan fingerprint density at radius 2 is 2.00 bits per heavy atom. The van der Waals surface area contributed by atoms with Gasteiger partial charge in [-0.25, -0.2) is 0 Å². The second-order valence-corrected chi connectivity index (χ2v) is 4.81. The van der Waals surface area contributed by atoms with Gasteiger partial charge in [-0.05, 0) is 38.0 Å². The van der Waals surface area contributed by atoms with Crippen molar-refractivity contribution in [3.05, 3.63) is 38.9 Å². The van der Waals surface area contributed by atoms with Crippen LogP contribution in [0.2, 0.25) is 0 Å². The molecule has 0 aliphatic rings. The number of nitro benzene ring substituents is 1. The number of hydrogen-bond acceptors (Lipinski definition) is 5. The van der Waals surface area contributed by atoms with Crippen LogP contribution in [0.1, 0.15) is 31.9 Å². The molecule has 0 unspecified atom stereocenters. The van der Waals surface area contributed by atoms with Crippen molar-refractivity contribution in [2.45, 2.75) is 27.2 Å². The first-order chi connectivity index (χ1) is 10.9. The molecule has 0 aliphatic carbocycles. The van der Waals surface area contributed by atoms with Crippen molar-refractivity contribution in [3.63, 3.8) is 0 Å². The Bertz CT molecular complexity index is 685. The predicted octanol–water partition coefficient (Wildman–Crippen LogP) is 2.64. The lowest BCUT2D eigenvalue weighted by Crippen LogP contribution is -2.31. The average molecular weight is 317 g/mol. The van der Waals surface area contributed by atoms with E-state index in [1.54, 1.807) is 20.8 Å². The molecule has 0 saturated carbocycles. The van der Waals surface area contributed by atoms with Gasteiger partial charge in [-0.1, -0.05) is 6.92 Å². The molecule has 0 radical (unpaired) electrons. The van der Waals surface area contributed by atoms with Crippen LogP contribution in [0, 0.1) is 21.4 Å². The Morgan fingerprint density at radius 3 is 2.43 bits per heavy atom. The molecule has 0 heterocycles. The van der Waals surface area contributed by atoms with Gasteiger partial charge in [0.1, 0.15) is 11.6 Å². The fourth-order valence-electron chi connectivity index (χ4n) is 2.18. The number of carbonyl (C=O) groups is 1. The number of carbonyl (C=O) groups excluding carboxylic acids is 1. The molecule has 7 heteroatoms. The van der Waals surface area contributed by atoms with Gasteiger partial charge >= 0.3 is 5.69 Å². The smallest absolute Gasteiger partial charge is 0.311 e. The number of amides is 1. The van der Waals surface area contributed by atoms with E-state index in [0.29, 0.717) is 30.6 Å². The number of nitro groups is 1. The summed E-state index contributed by atoms with van der Waals surface area (Å²) in [6, 6.07) is 4.53. The first kappa shape index (κ1) is 18.2. The summed E-state index contributed by atoms with van der Waals surface area (Å²) >= 11 is 0. The van der Waals surface area contributed by atoms with E-state index in [4.69, 9.17) is 0 Å². The van der Waals surface area contributed by atoms with Crippen LogP contribution < -0.4 is 0 Å². The Hall–Kier alpha value is -2.88. The van der Waals surface area contributed by atoms with Gasteiger partial charge in [0.25, 0.3) is 5.91 Å². The van der Waals surface area contributed by atoms with E-state index in [9.17, 15) is 25.3 Å². The molecule has 1 aromatic rings. The molecule has 1 rings (SSSR count). The third-order valence-electron chi connectivity index (χ3n) is 3.48. The molecule has 7 nitrogen and oxygen atoms in total. The monoisotopic (exact) mass is 317 g/mol. The average Bonchev–Trinajstić information content (AvgIpc) is 2.54. The zero-order valence-electron chi connectivity index (χ0n) is 13.4. The number of phenols is 1. The normalized spacial score (nSPS) is 11.0. The van der Waals surface area contributed by atoms with Gasteiger partial charge < -0.3 is 10.0 Å². The van der Waals surface area contributed by atoms with Gasteiger partial charge in [0.05, 0.1) is 4.92 Å². The third kappa shape index (κ3) is 4.07. The largest absolute Gasteiger partial charge is 0.502 e. The zero-order chi connectivity index (χ0) is 17.6. The Kier molecular flexibility index (Phi) is 6.27. The van der Waals surface area contributed by atoms with Crippen LogP contribution in [0.25, 0.3) is 6.08 Å². The number of benzene rings is 1. The molecule has 0 atom stereocenters. The summed E-state index contributed by atoms with van der Waals surface area (Å²) in [7, 11) is 0. The van der Waals surface area contributed by atoms with Crippen LogP contribution >= 0.6 is 0 Å². The van der Waals surface area contributed by atoms with Gasteiger partial charge in [0, 0.05) is 24.7 Å². The highest BCUT2D eigenvalue weighted by Crippen LogP contribution is 2.32. The first-order valence-electron chi connectivity index (χ1n) is 7.30. The molecule has 0 aromatic heterocycles. The van der Waals surface area contributed by atoms with Crippen molar-refractivity contribution in [2.75, 3.05) is 13.1 Å². The number of aromatic hydroxyl groups is 1. The Morgan fingerprint density at radius 1 is 1.39 bits per heavy atom. The Balaban J connectivity index is 3.39. The quantitative estimate of drug-likeness (QED) is 0.375. The molecule has 122 valence electrons. The van der Waals surface area contributed by atoms with Crippen LogP contribution in [0.5, 0.6) is 5.75 Å². The summed E-state index contributed by atoms with van der Waals surface area (Å²) in [6.45, 7) is 6.28. The second kappa shape index (κ2) is 7.94. The van der Waals surface area contributed by atoms with Gasteiger partial charge in [0.2, 0.25) is 0 Å². The minimum atomic E-state index is -0.690. The predicted molar refractivity (Wildman–Crippen MR) is 85.7 cm³/mol. The first-order valence-corrected chi connectivity index (χ1v) is 7.30. The molecule has 0 bridgehead atoms. The van der Waals surface area contributed by atoms with Gasteiger partial charge in [-0.2, -0.15) is 5.26 Å². The lowest BCUT2D eigenvalue weighted by molar-refractivity contribution is -0.385. The fraction of sp³-hybridized carbons (Fsp3) is 0.375. The highest BCUT2D eigenvalue weighted by atomic mass is 16.6. The van der Waals surface area contributed by atoms with E-state index in [1.807, 2.05) is 6.07 Å². The van der Waals surface area contributed by atoms with Crippen molar-refractivity contribution in [1.82, 2.24) is 4.90 Å². The second-order valence-electron chi connectivity index (χ2n) is 4.81. The number of aryl methyl sites for hydroxylation is 1. The van der Waals surface area contributed by atoms with Crippen molar-refractivity contribution in [2.24, 2.45) is 0 Å². The van der Waals surface area contributed by atoms with Gasteiger partial charge in [-0.3, -0.25) is 14.9 Å². The number of rotatable bonds is 6. The summed E-state index contributed by atoms with van der Waals surface area (Å²) in [4.78, 5) is 24.1. The summed E-state index contributed by atoms with van der Waals surface area (Å²) < 4.78 is 0. The lowest BCUT2D eigenvalue weighted by atomic mass is 10.0. The van der Waals surface area contributed by atoms with Crippen molar-refractivity contribution in [1.29, 1.82) is 5.26 Å². The van der Waals surface area contributed by atoms with E-state index < -0.39 is 16.5 Å². The third-order valence-corrected chi connectivity index (χ3v) is 3.48. The summed E-state index contributed by atoms with van der Waals surface area (Å²) in [6.07, 6.45) is 1.70. The molecule has 1 N–H and O–H groups in total. The maximum absolute atomic E-state index is 12.2. The van der Waals surface area contributed by atoms with Crippen LogP contribution in [0.15, 0.2) is 17.7 Å². The summed E-state index contributed by atoms with van der Waals surface area (Å²) in [5, 5.41) is 30.1. The summed E-state index contributed by atoms with van der Waals surface area (Å²) in [5.41, 5.74) is 0.181. The number of hydrogen-bond donors (Lipinski definition) is 1. The topological polar surface area (TPSA) is 107 Å². The van der Waals surface area contributed by atoms with E-state index in [-0.39, 0.29) is 11.3 Å². The van der Waals surface area contributed by atoms with Gasteiger partial charge in [0.15, 0.2) is 5.75 Å². The zero-order valence-corrected chi connectivity index (χ0v) is 13.4. The van der Waals surface area contributed by atoms with E-state index >= 15 is 0 Å². The number of phenolic OH excluding ortho intramolecular Hbond substituents is 1. The molecule has 0 fully saturated rings. The highest BCUT2D eigenvalue weighted by Gasteiger charge is 2.20.